The number of aromatic nitrogens is 4. The second kappa shape index (κ2) is 14.3. The molecule has 10 nitrogen and oxygen atoms in total. The van der Waals surface area contributed by atoms with Crippen LogP contribution in [0.5, 0.6) is 0 Å². The third-order valence-corrected chi connectivity index (χ3v) is 8.65. The van der Waals surface area contributed by atoms with Crippen LogP contribution in [0.25, 0.3) is 0 Å². The summed E-state index contributed by atoms with van der Waals surface area (Å²) in [6.07, 6.45) is 6.70. The predicted octanol–water partition coefficient (Wildman–Crippen LogP) is 3.81. The minimum Gasteiger partial charge on any atom is -0.352 e. The Labute approximate surface area is 261 Å². The third kappa shape index (κ3) is 8.55. The largest absolute Gasteiger partial charge is 0.352 e. The number of carbonyl (C=O) groups is 2. The highest BCUT2D eigenvalue weighted by molar-refractivity contribution is 7.90. The summed E-state index contributed by atoms with van der Waals surface area (Å²) in [4.78, 5) is 25.6. The molecule has 0 spiro atoms. The zero-order valence-electron chi connectivity index (χ0n) is 24.7. The molecule has 0 saturated carbocycles. The summed E-state index contributed by atoms with van der Waals surface area (Å²) in [5.74, 6) is 5.09. The molecule has 0 fully saturated rings. The van der Waals surface area contributed by atoms with Gasteiger partial charge in [-0.05, 0) is 72.5 Å². The van der Waals surface area contributed by atoms with Crippen LogP contribution in [0.4, 0.5) is 0 Å². The van der Waals surface area contributed by atoms with E-state index in [1.807, 2.05) is 36.5 Å². The van der Waals surface area contributed by atoms with Crippen LogP contribution in [0.1, 0.15) is 55.1 Å². The van der Waals surface area contributed by atoms with Crippen LogP contribution in [-0.2, 0) is 35.6 Å². The topological polar surface area (TPSA) is 139 Å². The van der Waals surface area contributed by atoms with Crippen LogP contribution in [0.3, 0.4) is 0 Å². The number of rotatable bonds is 11. The minimum absolute atomic E-state index is 0.00840. The van der Waals surface area contributed by atoms with E-state index in [1.54, 1.807) is 49.8 Å². The Balaban J connectivity index is 1.33. The Kier molecular flexibility index (Phi) is 9.87. The first-order chi connectivity index (χ1) is 21.8. The van der Waals surface area contributed by atoms with E-state index < -0.39 is 9.84 Å². The molecule has 0 aliphatic heterocycles. The van der Waals surface area contributed by atoms with Crippen LogP contribution in [0, 0.1) is 11.8 Å². The van der Waals surface area contributed by atoms with Crippen molar-refractivity contribution in [3.05, 3.63) is 137 Å². The van der Waals surface area contributed by atoms with E-state index in [0.717, 1.165) is 24.0 Å². The minimum atomic E-state index is -3.84. The first-order valence-corrected chi connectivity index (χ1v) is 16.0. The second-order valence-corrected chi connectivity index (χ2v) is 12.4. The third-order valence-electron chi connectivity index (χ3n) is 6.95. The number of hydrogen-bond acceptors (Lipinski definition) is 6. The van der Waals surface area contributed by atoms with E-state index in [-0.39, 0.29) is 28.0 Å². The lowest BCUT2D eigenvalue weighted by Gasteiger charge is -2.09. The summed E-state index contributed by atoms with van der Waals surface area (Å²) >= 11 is 0. The average Bonchev–Trinajstić information content (AvgIpc) is 3.72. The van der Waals surface area contributed by atoms with Crippen LogP contribution >= 0.6 is 0 Å². The predicted molar refractivity (Wildman–Crippen MR) is 170 cm³/mol. The van der Waals surface area contributed by atoms with Crippen LogP contribution < -0.4 is 10.6 Å². The summed E-state index contributed by atoms with van der Waals surface area (Å²) < 4.78 is 28.5. The monoisotopic (exact) mass is 620 g/mol. The molecule has 0 unspecified atom stereocenters. The van der Waals surface area contributed by atoms with Crippen LogP contribution in [-0.4, -0.2) is 46.8 Å². The molecule has 2 aromatic heterocycles. The Morgan fingerprint density at radius 1 is 0.889 bits per heavy atom. The quantitative estimate of drug-likeness (QED) is 0.152. The van der Waals surface area contributed by atoms with Gasteiger partial charge < -0.3 is 10.6 Å². The fraction of sp³-hybridized carbons (Fsp3) is 0.176. The summed E-state index contributed by atoms with van der Waals surface area (Å²) in [6.45, 7) is 0.849. The van der Waals surface area contributed by atoms with Gasteiger partial charge in [-0.3, -0.25) is 19.4 Å². The van der Waals surface area contributed by atoms with Crippen LogP contribution in [0.2, 0.25) is 0 Å². The van der Waals surface area contributed by atoms with Crippen molar-refractivity contribution in [3.8, 4) is 11.8 Å². The molecular formula is C34H32N6O4S. The molecule has 5 rings (SSSR count). The van der Waals surface area contributed by atoms with Gasteiger partial charge in [-0.25, -0.2) is 8.42 Å². The maximum atomic E-state index is 13.5. The van der Waals surface area contributed by atoms with E-state index in [4.69, 9.17) is 0 Å². The van der Waals surface area contributed by atoms with Crippen LogP contribution in [0.15, 0.2) is 102 Å². The van der Waals surface area contributed by atoms with Crippen molar-refractivity contribution in [1.29, 1.82) is 0 Å². The standard InChI is InChI=1S/C34H32N6O4S/c1-40-19-17-31(39-40)24-45(43,44)32-16-15-30(34(42)35-18-5-8-27-22-37-38-23-27)20-29(32)14-11-25-9-12-28(13-10-25)33(41)36-21-26-6-3-2-4-7-26/h2-4,6-7,9-10,12-13,15-17,19-20,22-23H,5,8,18,21,24H2,1H3,(H,35,42)(H,36,41)(H,37,38). The van der Waals surface area contributed by atoms with Gasteiger partial charge in [0, 0.05) is 54.8 Å². The molecule has 0 aliphatic carbocycles. The second-order valence-electron chi connectivity index (χ2n) is 10.4. The molecule has 0 atom stereocenters. The number of nitrogens with zero attached hydrogens (tertiary/aromatic N) is 3. The van der Waals surface area contributed by atoms with Crippen molar-refractivity contribution >= 4 is 21.7 Å². The molecule has 11 heteroatoms. The van der Waals surface area contributed by atoms with Gasteiger partial charge in [-0.2, -0.15) is 10.2 Å². The van der Waals surface area contributed by atoms with Gasteiger partial charge in [0.05, 0.1) is 22.5 Å². The molecule has 3 aromatic carbocycles. The number of hydrogen-bond donors (Lipinski definition) is 3. The highest BCUT2D eigenvalue weighted by Gasteiger charge is 2.22. The lowest BCUT2D eigenvalue weighted by atomic mass is 10.1. The number of sulfone groups is 1. The number of amides is 2. The molecule has 5 aromatic rings. The van der Waals surface area contributed by atoms with Crippen molar-refractivity contribution in [2.24, 2.45) is 7.05 Å². The van der Waals surface area contributed by atoms with Crippen molar-refractivity contribution in [1.82, 2.24) is 30.6 Å². The average molecular weight is 621 g/mol. The normalized spacial score (nSPS) is 11.0. The molecule has 3 N–H and O–H groups in total. The van der Waals surface area contributed by atoms with E-state index >= 15 is 0 Å². The van der Waals surface area contributed by atoms with E-state index in [9.17, 15) is 18.0 Å². The summed E-state index contributed by atoms with van der Waals surface area (Å²) in [7, 11) is -2.13. The maximum Gasteiger partial charge on any atom is 0.251 e. The van der Waals surface area contributed by atoms with Gasteiger partial charge in [0.1, 0.15) is 0 Å². The van der Waals surface area contributed by atoms with Gasteiger partial charge >= 0.3 is 0 Å². The Hall–Kier alpha value is -5.47. The first-order valence-electron chi connectivity index (χ1n) is 14.3. The smallest absolute Gasteiger partial charge is 0.251 e. The van der Waals surface area contributed by atoms with E-state index in [1.165, 1.54) is 22.9 Å². The van der Waals surface area contributed by atoms with Gasteiger partial charge in [0.2, 0.25) is 0 Å². The number of benzene rings is 3. The molecule has 2 heterocycles. The van der Waals surface area contributed by atoms with Gasteiger partial charge in [-0.15, -0.1) is 0 Å². The van der Waals surface area contributed by atoms with Crippen molar-refractivity contribution in [3.63, 3.8) is 0 Å². The van der Waals surface area contributed by atoms with Gasteiger partial charge in [-0.1, -0.05) is 42.2 Å². The van der Waals surface area contributed by atoms with E-state index in [0.29, 0.717) is 35.5 Å². The number of carbonyl (C=O) groups excluding carboxylic acids is 2. The number of H-pyrrole nitrogens is 1. The molecular weight excluding hydrogens is 588 g/mol. The SMILES string of the molecule is Cn1ccc(CS(=O)(=O)c2ccc(C(=O)NCCCc3cn[nH]c3)cc2C#Cc2ccc(C(=O)NCc3ccccc3)cc2)n1. The molecule has 228 valence electrons. The summed E-state index contributed by atoms with van der Waals surface area (Å²) in [6, 6.07) is 22.4. The number of aryl methyl sites for hydroxylation is 2. The maximum absolute atomic E-state index is 13.5. The van der Waals surface area contributed by atoms with Crippen molar-refractivity contribution in [2.45, 2.75) is 30.0 Å². The van der Waals surface area contributed by atoms with Crippen molar-refractivity contribution < 1.29 is 18.0 Å². The Morgan fingerprint density at radius 3 is 2.36 bits per heavy atom. The molecule has 0 radical (unpaired) electrons. The zero-order valence-corrected chi connectivity index (χ0v) is 25.5. The first kappa shape index (κ1) is 31.0. The fourth-order valence-electron chi connectivity index (χ4n) is 4.59. The number of aromatic amines is 1. The Bertz CT molecular complexity index is 1940. The van der Waals surface area contributed by atoms with Gasteiger partial charge in [0.25, 0.3) is 11.8 Å². The fourth-order valence-corrected chi connectivity index (χ4v) is 6.01. The summed E-state index contributed by atoms with van der Waals surface area (Å²) in [5, 5.41) is 16.7. The number of nitrogens with one attached hydrogen (secondary N) is 3. The molecule has 0 saturated heterocycles. The lowest BCUT2D eigenvalue weighted by molar-refractivity contribution is 0.0944. The highest BCUT2D eigenvalue weighted by atomic mass is 32.2. The summed E-state index contributed by atoms with van der Waals surface area (Å²) in [5.41, 5.74) is 3.99. The molecule has 0 bridgehead atoms. The molecule has 45 heavy (non-hydrogen) atoms. The lowest BCUT2D eigenvalue weighted by Crippen LogP contribution is -2.25. The highest BCUT2D eigenvalue weighted by Crippen LogP contribution is 2.22. The zero-order chi connectivity index (χ0) is 31.6. The van der Waals surface area contributed by atoms with Gasteiger partial charge in [0.15, 0.2) is 9.84 Å². The Morgan fingerprint density at radius 2 is 1.64 bits per heavy atom. The molecule has 2 amide bonds. The van der Waals surface area contributed by atoms with Crippen molar-refractivity contribution in [2.75, 3.05) is 6.54 Å². The van der Waals surface area contributed by atoms with E-state index in [2.05, 4.69) is 37.8 Å². The molecule has 0 aliphatic rings.